The number of alkyl carbamates (subject to hydrolysis) is 1. The quantitative estimate of drug-likeness (QED) is 0.0873. The number of imidazole rings is 1. The minimum absolute atomic E-state index is 0.0136. The molecule has 3 rings (SSSR count). The van der Waals surface area contributed by atoms with Gasteiger partial charge in [0.1, 0.15) is 23.7 Å². The maximum Gasteiger partial charge on any atom is 0.408 e. The van der Waals surface area contributed by atoms with Gasteiger partial charge < -0.3 is 46.7 Å². The lowest BCUT2D eigenvalue weighted by Crippen LogP contribution is -2.58. The van der Waals surface area contributed by atoms with E-state index in [0.717, 1.165) is 12.0 Å². The van der Waals surface area contributed by atoms with Gasteiger partial charge in [-0.15, -0.1) is 0 Å². The average Bonchev–Trinajstić information content (AvgIpc) is 3.76. The van der Waals surface area contributed by atoms with Gasteiger partial charge in [0, 0.05) is 31.5 Å². The number of carbonyl (C=O) groups is 6. The molecule has 2 aromatic rings. The van der Waals surface area contributed by atoms with Crippen molar-refractivity contribution in [1.29, 1.82) is 0 Å². The Kier molecular flexibility index (Phi) is 18.6. The van der Waals surface area contributed by atoms with E-state index in [-0.39, 0.29) is 37.1 Å². The Labute approximate surface area is 342 Å². The normalized spacial score (nSPS) is 18.0. The summed E-state index contributed by atoms with van der Waals surface area (Å²) < 4.78 is 5.43. The summed E-state index contributed by atoms with van der Waals surface area (Å²) in [4.78, 5) is 87.1. The standard InChI is InChI=1S/C42H66N8O8/c1-9-10-16-29(38(54)47-31-21-36(52)46-30(31)17-25(2)3)45-37(53)22-35(51)32(18-26(4)5)48-40(56)34(20-28-23-43-24-44-28)49-39(55)33(19-27-14-12-11-13-15-27)50-41(57)58-42(6,7)8/h11-15,23-26,29-35,51H,9-10,16-22H2,1-8H3,(H,43,44)(H,45,53)(H,46,52)(H,47,54)(H,48,56)(H,49,55)(H,50,57)/t29-,30-,31-,32-,33-,34-,35-/m0/s1. The number of nitrogens with zero attached hydrogens (tertiary/aromatic N) is 1. The molecule has 1 aromatic carbocycles. The lowest BCUT2D eigenvalue weighted by atomic mass is 9.96. The van der Waals surface area contributed by atoms with Crippen molar-refractivity contribution in [3.05, 3.63) is 54.1 Å². The molecule has 0 spiro atoms. The van der Waals surface area contributed by atoms with Crippen molar-refractivity contribution in [2.24, 2.45) is 11.8 Å². The van der Waals surface area contributed by atoms with E-state index in [1.807, 2.05) is 65.0 Å². The molecule has 1 aliphatic heterocycles. The summed E-state index contributed by atoms with van der Waals surface area (Å²) in [6, 6.07) is 4.37. The Hall–Kier alpha value is -4.99. The second kappa shape index (κ2) is 22.8. The zero-order chi connectivity index (χ0) is 43.0. The smallest absolute Gasteiger partial charge is 0.408 e. The van der Waals surface area contributed by atoms with E-state index >= 15 is 0 Å². The first-order valence-electron chi connectivity index (χ1n) is 20.5. The van der Waals surface area contributed by atoms with E-state index in [4.69, 9.17) is 4.74 Å². The number of nitrogens with one attached hydrogen (secondary N) is 7. The fourth-order valence-corrected chi connectivity index (χ4v) is 6.84. The fourth-order valence-electron chi connectivity index (χ4n) is 6.84. The van der Waals surface area contributed by atoms with Crippen molar-refractivity contribution < 1.29 is 38.6 Å². The maximum atomic E-state index is 14.1. The summed E-state index contributed by atoms with van der Waals surface area (Å²) in [7, 11) is 0. The largest absolute Gasteiger partial charge is 0.444 e. The predicted octanol–water partition coefficient (Wildman–Crippen LogP) is 2.95. The van der Waals surface area contributed by atoms with Crippen LogP contribution < -0.4 is 31.9 Å². The van der Waals surface area contributed by atoms with Gasteiger partial charge in [0.15, 0.2) is 0 Å². The number of amides is 6. The van der Waals surface area contributed by atoms with E-state index in [9.17, 15) is 33.9 Å². The minimum Gasteiger partial charge on any atom is -0.444 e. The first-order chi connectivity index (χ1) is 27.3. The van der Waals surface area contributed by atoms with E-state index in [1.54, 1.807) is 27.0 Å². The Balaban J connectivity index is 1.76. The van der Waals surface area contributed by atoms with Gasteiger partial charge in [0.2, 0.25) is 29.5 Å². The zero-order valence-electron chi connectivity index (χ0n) is 35.4. The van der Waals surface area contributed by atoms with Crippen molar-refractivity contribution in [2.75, 3.05) is 0 Å². The number of aromatic nitrogens is 2. The van der Waals surface area contributed by atoms with Crippen LogP contribution in [0.1, 0.15) is 112 Å². The molecule has 1 saturated heterocycles. The van der Waals surface area contributed by atoms with Crippen molar-refractivity contribution in [2.45, 2.75) is 161 Å². The van der Waals surface area contributed by atoms with Crippen LogP contribution in [0, 0.1) is 11.8 Å². The van der Waals surface area contributed by atoms with Gasteiger partial charge in [-0.2, -0.15) is 0 Å². The molecule has 7 atom stereocenters. The number of H-pyrrole nitrogens is 1. The number of aromatic amines is 1. The molecule has 6 amide bonds. The fraction of sp³-hybridized carbons (Fsp3) is 0.643. The van der Waals surface area contributed by atoms with E-state index < -0.39 is 78.1 Å². The third-order valence-electron chi connectivity index (χ3n) is 9.59. The molecule has 58 heavy (non-hydrogen) atoms. The van der Waals surface area contributed by atoms with Crippen LogP contribution in [-0.4, -0.2) is 98.7 Å². The molecule has 8 N–H and O–H groups in total. The molecule has 1 aromatic heterocycles. The molecular formula is C42H66N8O8. The van der Waals surface area contributed by atoms with Crippen LogP contribution >= 0.6 is 0 Å². The van der Waals surface area contributed by atoms with Crippen LogP contribution in [0.25, 0.3) is 0 Å². The molecule has 0 unspecified atom stereocenters. The van der Waals surface area contributed by atoms with E-state index in [2.05, 4.69) is 41.9 Å². The number of benzene rings is 1. The molecule has 1 fully saturated rings. The molecule has 16 nitrogen and oxygen atoms in total. The summed E-state index contributed by atoms with van der Waals surface area (Å²) in [5.74, 6) is -2.11. The lowest BCUT2D eigenvalue weighted by molar-refractivity contribution is -0.132. The van der Waals surface area contributed by atoms with E-state index in [1.165, 1.54) is 6.33 Å². The van der Waals surface area contributed by atoms with Crippen LogP contribution in [0.3, 0.4) is 0 Å². The maximum absolute atomic E-state index is 14.1. The summed E-state index contributed by atoms with van der Waals surface area (Å²) in [5, 5.41) is 28.4. The molecule has 16 heteroatoms. The monoisotopic (exact) mass is 811 g/mol. The van der Waals surface area contributed by atoms with Gasteiger partial charge in [-0.1, -0.05) is 77.8 Å². The highest BCUT2D eigenvalue weighted by molar-refractivity contribution is 5.92. The number of hydrogen-bond donors (Lipinski definition) is 8. The number of aliphatic hydroxyl groups is 1. The molecule has 2 heterocycles. The zero-order valence-corrected chi connectivity index (χ0v) is 35.4. The molecular weight excluding hydrogens is 745 g/mol. The molecule has 0 radical (unpaired) electrons. The van der Waals surface area contributed by atoms with Gasteiger partial charge in [-0.3, -0.25) is 24.0 Å². The first-order valence-corrected chi connectivity index (χ1v) is 20.5. The molecule has 1 aliphatic rings. The molecule has 0 bridgehead atoms. The van der Waals surface area contributed by atoms with Crippen LogP contribution in [0.5, 0.6) is 0 Å². The van der Waals surface area contributed by atoms with Crippen LogP contribution in [0.2, 0.25) is 0 Å². The third-order valence-corrected chi connectivity index (χ3v) is 9.59. The Bertz CT molecular complexity index is 1630. The topological polar surface area (TPSA) is 233 Å². The van der Waals surface area contributed by atoms with Gasteiger partial charge >= 0.3 is 6.09 Å². The van der Waals surface area contributed by atoms with E-state index in [0.29, 0.717) is 37.3 Å². The Morgan fingerprint density at radius 3 is 2.17 bits per heavy atom. The highest BCUT2D eigenvalue weighted by Gasteiger charge is 2.36. The predicted molar refractivity (Wildman–Crippen MR) is 219 cm³/mol. The third kappa shape index (κ3) is 16.9. The van der Waals surface area contributed by atoms with Gasteiger partial charge in [-0.05, 0) is 57.4 Å². The summed E-state index contributed by atoms with van der Waals surface area (Å²) >= 11 is 0. The number of carbonyl (C=O) groups excluding carboxylic acids is 6. The second-order valence-electron chi connectivity index (χ2n) is 17.1. The van der Waals surface area contributed by atoms with Crippen molar-refractivity contribution in [1.82, 2.24) is 41.9 Å². The van der Waals surface area contributed by atoms with Gasteiger partial charge in [0.05, 0.1) is 36.6 Å². The van der Waals surface area contributed by atoms with Gasteiger partial charge in [0.25, 0.3) is 0 Å². The second-order valence-corrected chi connectivity index (χ2v) is 17.1. The minimum atomic E-state index is -1.35. The highest BCUT2D eigenvalue weighted by atomic mass is 16.6. The number of rotatable bonds is 22. The van der Waals surface area contributed by atoms with Crippen molar-refractivity contribution >= 4 is 35.6 Å². The number of unbranched alkanes of at least 4 members (excludes halogenated alkanes) is 1. The first kappa shape index (κ1) is 47.4. The van der Waals surface area contributed by atoms with Crippen LogP contribution in [0.4, 0.5) is 4.79 Å². The lowest BCUT2D eigenvalue weighted by Gasteiger charge is -2.29. The van der Waals surface area contributed by atoms with Crippen molar-refractivity contribution in [3.8, 4) is 0 Å². The number of aliphatic hydroxyl groups excluding tert-OH is 1. The Morgan fingerprint density at radius 1 is 0.897 bits per heavy atom. The van der Waals surface area contributed by atoms with Crippen LogP contribution in [0.15, 0.2) is 42.9 Å². The SMILES string of the molecule is CCCC[C@H](NC(=O)C[C@H](O)[C@H](CC(C)C)NC(=O)[C@H](Cc1c[nH]cn1)NC(=O)[C@H](Cc1ccccc1)NC(=O)OC(C)(C)C)C(=O)N[C@H]1CC(=O)N[C@H]1CC(C)C. The molecule has 322 valence electrons. The molecule has 0 aliphatic carbocycles. The Morgan fingerprint density at radius 2 is 1.57 bits per heavy atom. The average molecular weight is 811 g/mol. The summed E-state index contributed by atoms with van der Waals surface area (Å²) in [5.41, 5.74) is 0.420. The van der Waals surface area contributed by atoms with Crippen molar-refractivity contribution in [3.63, 3.8) is 0 Å². The van der Waals surface area contributed by atoms with Crippen LogP contribution in [-0.2, 0) is 41.6 Å². The highest BCUT2D eigenvalue weighted by Crippen LogP contribution is 2.18. The number of ether oxygens (including phenoxy) is 1. The summed E-state index contributed by atoms with van der Waals surface area (Å²) in [6.07, 6.45) is 3.50. The molecule has 0 saturated carbocycles. The van der Waals surface area contributed by atoms with Gasteiger partial charge in [-0.25, -0.2) is 9.78 Å². The number of hydrogen-bond acceptors (Lipinski definition) is 9. The summed E-state index contributed by atoms with van der Waals surface area (Å²) in [6.45, 7) is 15.0.